The maximum atomic E-state index is 13.0. The first-order chi connectivity index (χ1) is 17.4. The van der Waals surface area contributed by atoms with Gasteiger partial charge in [-0.15, -0.1) is 0 Å². The summed E-state index contributed by atoms with van der Waals surface area (Å²) in [6.07, 6.45) is 0.514. The molecule has 2 N–H and O–H groups in total. The van der Waals surface area contributed by atoms with Gasteiger partial charge in [0.2, 0.25) is 15.9 Å². The average Bonchev–Trinajstić information content (AvgIpc) is 3.17. The van der Waals surface area contributed by atoms with Crippen LogP contribution in [0.3, 0.4) is 0 Å². The summed E-state index contributed by atoms with van der Waals surface area (Å²) in [5.74, 6) is -0.344. The summed E-state index contributed by atoms with van der Waals surface area (Å²) in [6, 6.07) is 9.92. The van der Waals surface area contributed by atoms with Crippen molar-refractivity contribution in [3.8, 4) is 17.3 Å². The molecule has 0 radical (unpaired) electrons. The number of nitrogens with one attached hydrogen (secondary N) is 2. The molecule has 13 heteroatoms. The molecule has 3 aromatic rings. The lowest BCUT2D eigenvalue weighted by atomic mass is 10.2. The van der Waals surface area contributed by atoms with E-state index in [-0.39, 0.29) is 29.8 Å². The van der Waals surface area contributed by atoms with Gasteiger partial charge in [0.05, 0.1) is 10.6 Å². The first kappa shape index (κ1) is 28.1. The first-order valence-corrected chi connectivity index (χ1v) is 13.4. The van der Waals surface area contributed by atoms with Gasteiger partial charge in [-0.1, -0.05) is 38.4 Å². The molecule has 0 bridgehead atoms. The van der Waals surface area contributed by atoms with Crippen molar-refractivity contribution >= 4 is 33.2 Å². The van der Waals surface area contributed by atoms with Gasteiger partial charge < -0.3 is 10.1 Å². The van der Waals surface area contributed by atoms with Gasteiger partial charge in [-0.3, -0.25) is 14.9 Å². The second kappa shape index (κ2) is 11.7. The number of benzene rings is 2. The molecule has 0 aliphatic carbocycles. The van der Waals surface area contributed by atoms with Gasteiger partial charge in [0.15, 0.2) is 5.69 Å². The number of carbonyl (C=O) groups is 1. The Kier molecular flexibility index (Phi) is 8.89. The Morgan fingerprint density at radius 1 is 1.24 bits per heavy atom. The molecule has 198 valence electrons. The SMILES string of the molecule is CCCNS(=O)(=O)c1cc([N+](=O)[O-])ccc1Oc1c(C)c(C(=O)NCC(C)C)nn1-c1cccc(Cl)c1. The van der Waals surface area contributed by atoms with E-state index in [4.69, 9.17) is 16.3 Å². The molecule has 0 saturated carbocycles. The Balaban J connectivity index is 2.18. The maximum absolute atomic E-state index is 13.0. The van der Waals surface area contributed by atoms with E-state index in [1.807, 2.05) is 13.8 Å². The van der Waals surface area contributed by atoms with E-state index in [1.54, 1.807) is 38.1 Å². The quantitative estimate of drug-likeness (QED) is 0.262. The molecular formula is C24H28ClN5O6S. The van der Waals surface area contributed by atoms with Crippen molar-refractivity contribution in [2.24, 2.45) is 5.92 Å². The molecule has 0 unspecified atom stereocenters. The molecule has 0 aliphatic rings. The summed E-state index contributed by atoms with van der Waals surface area (Å²) in [5, 5.41) is 19.0. The number of carbonyl (C=O) groups excluding carboxylic acids is 1. The maximum Gasteiger partial charge on any atom is 0.272 e. The molecule has 0 aliphatic heterocycles. The number of hydrogen-bond acceptors (Lipinski definition) is 7. The summed E-state index contributed by atoms with van der Waals surface area (Å²) in [7, 11) is -4.16. The zero-order chi connectivity index (χ0) is 27.3. The van der Waals surface area contributed by atoms with Crippen LogP contribution in [0.4, 0.5) is 5.69 Å². The van der Waals surface area contributed by atoms with Crippen LogP contribution in [0.25, 0.3) is 5.69 Å². The van der Waals surface area contributed by atoms with Crippen LogP contribution in [0, 0.1) is 23.0 Å². The number of hydrogen-bond donors (Lipinski definition) is 2. The molecule has 0 atom stereocenters. The monoisotopic (exact) mass is 549 g/mol. The van der Waals surface area contributed by atoms with Crippen LogP contribution in [0.15, 0.2) is 47.4 Å². The van der Waals surface area contributed by atoms with Crippen molar-refractivity contribution in [3.63, 3.8) is 0 Å². The summed E-state index contributed by atoms with van der Waals surface area (Å²) in [4.78, 5) is 23.1. The predicted molar refractivity (Wildman–Crippen MR) is 139 cm³/mol. The summed E-state index contributed by atoms with van der Waals surface area (Å²) < 4.78 is 35.8. The predicted octanol–water partition coefficient (Wildman–Crippen LogP) is 4.61. The van der Waals surface area contributed by atoms with Crippen LogP contribution >= 0.6 is 11.6 Å². The van der Waals surface area contributed by atoms with Crippen LogP contribution in [0.5, 0.6) is 11.6 Å². The normalized spacial score (nSPS) is 11.5. The smallest absolute Gasteiger partial charge is 0.272 e. The number of nitrogens with zero attached hydrogens (tertiary/aromatic N) is 3. The van der Waals surface area contributed by atoms with E-state index >= 15 is 0 Å². The van der Waals surface area contributed by atoms with E-state index in [2.05, 4.69) is 15.1 Å². The Hall–Kier alpha value is -3.48. The Morgan fingerprint density at radius 3 is 2.59 bits per heavy atom. The third-order valence-electron chi connectivity index (χ3n) is 5.18. The second-order valence-electron chi connectivity index (χ2n) is 8.66. The van der Waals surface area contributed by atoms with Crippen molar-refractivity contribution in [2.75, 3.05) is 13.1 Å². The van der Waals surface area contributed by atoms with Gasteiger partial charge in [0.25, 0.3) is 11.6 Å². The molecule has 11 nitrogen and oxygen atoms in total. The van der Waals surface area contributed by atoms with Gasteiger partial charge in [0, 0.05) is 35.8 Å². The average molecular weight is 550 g/mol. The molecule has 0 saturated heterocycles. The molecule has 37 heavy (non-hydrogen) atoms. The Labute approximate surface area is 220 Å². The van der Waals surface area contributed by atoms with Crippen LogP contribution in [0.2, 0.25) is 5.02 Å². The van der Waals surface area contributed by atoms with E-state index in [9.17, 15) is 23.3 Å². The minimum atomic E-state index is -4.16. The second-order valence-corrected chi connectivity index (χ2v) is 10.8. The first-order valence-electron chi connectivity index (χ1n) is 11.5. The van der Waals surface area contributed by atoms with E-state index in [1.165, 1.54) is 10.7 Å². The van der Waals surface area contributed by atoms with Crippen LogP contribution in [-0.4, -0.2) is 42.1 Å². The Morgan fingerprint density at radius 2 is 1.97 bits per heavy atom. The molecule has 1 aromatic heterocycles. The molecule has 2 aromatic carbocycles. The zero-order valence-electron chi connectivity index (χ0n) is 20.8. The lowest BCUT2D eigenvalue weighted by Gasteiger charge is -2.14. The highest BCUT2D eigenvalue weighted by atomic mass is 35.5. The number of sulfonamides is 1. The number of aromatic nitrogens is 2. The van der Waals surface area contributed by atoms with E-state index in [0.29, 0.717) is 29.2 Å². The topological polar surface area (TPSA) is 145 Å². The van der Waals surface area contributed by atoms with E-state index in [0.717, 1.165) is 12.1 Å². The summed E-state index contributed by atoms with van der Waals surface area (Å²) in [6.45, 7) is 7.86. The molecule has 1 amide bonds. The van der Waals surface area contributed by atoms with Gasteiger partial charge in [-0.25, -0.2) is 13.1 Å². The minimum absolute atomic E-state index is 0.0535. The molecule has 1 heterocycles. The summed E-state index contributed by atoms with van der Waals surface area (Å²) in [5.41, 5.74) is 0.456. The number of rotatable bonds is 11. The molecule has 3 rings (SSSR count). The molecular weight excluding hydrogens is 522 g/mol. The third kappa shape index (κ3) is 6.64. The number of non-ortho nitro benzene ring substituents is 1. The van der Waals surface area contributed by atoms with Crippen LogP contribution in [0.1, 0.15) is 43.2 Å². The van der Waals surface area contributed by atoms with Crippen LogP contribution < -0.4 is 14.8 Å². The highest BCUT2D eigenvalue weighted by Crippen LogP contribution is 2.36. The minimum Gasteiger partial charge on any atom is -0.437 e. The number of ether oxygens (including phenoxy) is 1. The van der Waals surface area contributed by atoms with Gasteiger partial charge in [-0.2, -0.15) is 9.78 Å². The zero-order valence-corrected chi connectivity index (χ0v) is 22.4. The van der Waals surface area contributed by atoms with Crippen molar-refractivity contribution in [1.82, 2.24) is 19.8 Å². The highest BCUT2D eigenvalue weighted by molar-refractivity contribution is 7.89. The third-order valence-corrected chi connectivity index (χ3v) is 6.90. The van der Waals surface area contributed by atoms with Gasteiger partial charge in [0.1, 0.15) is 10.6 Å². The fourth-order valence-electron chi connectivity index (χ4n) is 3.30. The largest absolute Gasteiger partial charge is 0.437 e. The van der Waals surface area contributed by atoms with Gasteiger partial charge in [-0.05, 0) is 43.5 Å². The lowest BCUT2D eigenvalue weighted by Crippen LogP contribution is -2.28. The number of amides is 1. The summed E-state index contributed by atoms with van der Waals surface area (Å²) >= 11 is 6.17. The van der Waals surface area contributed by atoms with Gasteiger partial charge >= 0.3 is 0 Å². The van der Waals surface area contributed by atoms with Crippen LogP contribution in [-0.2, 0) is 10.0 Å². The fraction of sp³-hybridized carbons (Fsp3) is 0.333. The van der Waals surface area contributed by atoms with Crippen molar-refractivity contribution < 1.29 is 22.9 Å². The number of nitro benzene ring substituents is 1. The van der Waals surface area contributed by atoms with Crippen molar-refractivity contribution in [3.05, 3.63) is 68.9 Å². The fourth-order valence-corrected chi connectivity index (χ4v) is 4.77. The van der Waals surface area contributed by atoms with E-state index < -0.39 is 31.4 Å². The highest BCUT2D eigenvalue weighted by Gasteiger charge is 2.27. The van der Waals surface area contributed by atoms with Crippen molar-refractivity contribution in [1.29, 1.82) is 0 Å². The van der Waals surface area contributed by atoms with Crippen molar-refractivity contribution in [2.45, 2.75) is 39.0 Å². The Bertz CT molecular complexity index is 1420. The molecule has 0 fully saturated rings. The number of halogens is 1. The number of nitro groups is 1. The molecule has 0 spiro atoms. The lowest BCUT2D eigenvalue weighted by molar-refractivity contribution is -0.385. The standard InChI is InChI=1S/C24H28ClN5O6S/c1-5-11-27-37(34,35)21-13-19(30(32)33)9-10-20(21)36-24-16(4)22(23(31)26-14-15(2)3)28-29(24)18-8-6-7-17(25)12-18/h6-10,12-13,15,27H,5,11,14H2,1-4H3,(H,26,31).